The van der Waals surface area contributed by atoms with Crippen LogP contribution in [-0.2, 0) is 17.8 Å². The molecule has 0 aliphatic heterocycles. The molecule has 0 fully saturated rings. The lowest BCUT2D eigenvalue weighted by molar-refractivity contribution is -0.123. The summed E-state index contributed by atoms with van der Waals surface area (Å²) in [6.07, 6.45) is 8.92. The van der Waals surface area contributed by atoms with E-state index in [1.54, 1.807) is 0 Å². The highest BCUT2D eigenvalue weighted by Gasteiger charge is 2.14. The molecule has 0 aliphatic rings. The van der Waals surface area contributed by atoms with E-state index in [1.807, 2.05) is 17.4 Å². The van der Waals surface area contributed by atoms with Crippen LogP contribution in [0, 0.1) is 0 Å². The van der Waals surface area contributed by atoms with Crippen molar-refractivity contribution in [3.63, 3.8) is 0 Å². The zero-order valence-corrected chi connectivity index (χ0v) is 19.4. The van der Waals surface area contributed by atoms with E-state index in [0.717, 1.165) is 12.0 Å². The molecule has 1 heterocycles. The van der Waals surface area contributed by atoms with E-state index in [0.29, 0.717) is 5.82 Å². The van der Waals surface area contributed by atoms with Gasteiger partial charge < -0.3 is 25.4 Å². The number of benzene rings is 1. The monoisotopic (exact) mass is 460 g/mol. The SMILES string of the molecule is CCCCCCCCCCc1ccc(-c2noc(CNC(=O)C[C@@H](O)CNC(=O)O)n2)cc1. The molecule has 2 aromatic rings. The maximum Gasteiger partial charge on any atom is 0.404 e. The number of hydrogen-bond donors (Lipinski definition) is 4. The molecule has 0 bridgehead atoms. The Hall–Kier alpha value is -2.94. The maximum absolute atomic E-state index is 11.8. The second kappa shape index (κ2) is 15.0. The molecule has 182 valence electrons. The number of rotatable bonds is 16. The van der Waals surface area contributed by atoms with E-state index in [2.05, 4.69) is 34.5 Å². The standard InChI is InChI=1S/C24H36N4O5/c1-2-3-4-5-6-7-8-9-10-18-11-13-19(14-12-18)23-27-22(33-28-23)17-25-21(30)15-20(29)16-26-24(31)32/h11-14,20,26,29H,2-10,15-17H2,1H3,(H,25,30)(H,31,32)/t20-/m1/s1. The first kappa shape index (κ1) is 26.3. The normalized spacial score (nSPS) is 11.8. The molecule has 0 spiro atoms. The van der Waals surface area contributed by atoms with Crippen LogP contribution in [0.1, 0.15) is 76.2 Å². The summed E-state index contributed by atoms with van der Waals surface area (Å²) < 4.78 is 5.18. The molecule has 2 amide bonds. The summed E-state index contributed by atoms with van der Waals surface area (Å²) in [5, 5.41) is 26.7. The van der Waals surface area contributed by atoms with Gasteiger partial charge in [-0.25, -0.2) is 4.79 Å². The van der Waals surface area contributed by atoms with Crippen LogP contribution >= 0.6 is 0 Å². The van der Waals surface area contributed by atoms with Gasteiger partial charge in [-0.05, 0) is 18.4 Å². The molecule has 33 heavy (non-hydrogen) atoms. The first-order chi connectivity index (χ1) is 16.0. The minimum absolute atomic E-state index is 0.0292. The zero-order chi connectivity index (χ0) is 23.9. The van der Waals surface area contributed by atoms with Gasteiger partial charge in [-0.15, -0.1) is 0 Å². The number of nitrogens with one attached hydrogen (secondary N) is 2. The number of amides is 2. The molecule has 0 aliphatic carbocycles. The van der Waals surface area contributed by atoms with Crippen molar-refractivity contribution >= 4 is 12.0 Å². The highest BCUT2D eigenvalue weighted by Crippen LogP contribution is 2.18. The number of aryl methyl sites for hydroxylation is 1. The Morgan fingerprint density at radius 2 is 1.67 bits per heavy atom. The van der Waals surface area contributed by atoms with E-state index in [-0.39, 0.29) is 25.4 Å². The van der Waals surface area contributed by atoms with Crippen molar-refractivity contribution in [3.05, 3.63) is 35.7 Å². The summed E-state index contributed by atoms with van der Waals surface area (Å²) in [7, 11) is 0. The fourth-order valence-electron chi connectivity index (χ4n) is 3.47. The van der Waals surface area contributed by atoms with Gasteiger partial charge in [0.2, 0.25) is 17.6 Å². The highest BCUT2D eigenvalue weighted by atomic mass is 16.5. The van der Waals surface area contributed by atoms with Crippen LogP contribution in [0.2, 0.25) is 0 Å². The number of unbranched alkanes of at least 4 members (excludes halogenated alkanes) is 7. The number of carboxylic acid groups (broad SMARTS) is 1. The molecule has 1 aromatic carbocycles. The second-order valence-electron chi connectivity index (χ2n) is 8.25. The molecule has 4 N–H and O–H groups in total. The number of carbonyl (C=O) groups excluding carboxylic acids is 1. The van der Waals surface area contributed by atoms with Crippen molar-refractivity contribution in [1.29, 1.82) is 0 Å². The van der Waals surface area contributed by atoms with Crippen molar-refractivity contribution < 1.29 is 24.3 Å². The predicted octanol–water partition coefficient (Wildman–Crippen LogP) is 4.05. The molecule has 2 rings (SSSR count). The number of aliphatic hydroxyl groups excluding tert-OH is 1. The number of aromatic nitrogens is 2. The molecule has 0 unspecified atom stereocenters. The van der Waals surface area contributed by atoms with Crippen LogP contribution in [0.3, 0.4) is 0 Å². The topological polar surface area (TPSA) is 138 Å². The predicted molar refractivity (Wildman–Crippen MR) is 125 cm³/mol. The number of nitrogens with zero attached hydrogens (tertiary/aromatic N) is 2. The first-order valence-electron chi connectivity index (χ1n) is 11.8. The number of aliphatic hydroxyl groups is 1. The summed E-state index contributed by atoms with van der Waals surface area (Å²) in [6.45, 7) is 2.05. The molecule has 1 atom stereocenters. The van der Waals surface area contributed by atoms with Crippen molar-refractivity contribution in [3.8, 4) is 11.4 Å². The minimum Gasteiger partial charge on any atom is -0.465 e. The smallest absolute Gasteiger partial charge is 0.404 e. The van der Waals surface area contributed by atoms with Gasteiger partial charge in [0.1, 0.15) is 0 Å². The molecule has 9 heteroatoms. The van der Waals surface area contributed by atoms with Gasteiger partial charge in [-0.1, -0.05) is 81.3 Å². The van der Waals surface area contributed by atoms with Crippen LogP contribution in [0.15, 0.2) is 28.8 Å². The molecule has 0 saturated heterocycles. The Morgan fingerprint density at radius 3 is 2.33 bits per heavy atom. The molecule has 0 radical (unpaired) electrons. The molecular weight excluding hydrogens is 424 g/mol. The second-order valence-corrected chi connectivity index (χ2v) is 8.25. The summed E-state index contributed by atoms with van der Waals surface area (Å²) in [5.41, 5.74) is 2.13. The third-order valence-corrected chi connectivity index (χ3v) is 5.35. The molecule has 9 nitrogen and oxygen atoms in total. The molecule has 0 saturated carbocycles. The fraction of sp³-hybridized carbons (Fsp3) is 0.583. The summed E-state index contributed by atoms with van der Waals surface area (Å²) in [5.74, 6) is 0.253. The lowest BCUT2D eigenvalue weighted by Gasteiger charge is -2.09. The first-order valence-corrected chi connectivity index (χ1v) is 11.8. The highest BCUT2D eigenvalue weighted by molar-refractivity contribution is 5.76. The number of carbonyl (C=O) groups is 2. The van der Waals surface area contributed by atoms with E-state index in [9.17, 15) is 14.7 Å². The average Bonchev–Trinajstić information content (AvgIpc) is 3.27. The van der Waals surface area contributed by atoms with E-state index in [4.69, 9.17) is 9.63 Å². The quantitative estimate of drug-likeness (QED) is 0.277. The average molecular weight is 461 g/mol. The van der Waals surface area contributed by atoms with Gasteiger partial charge in [0, 0.05) is 12.1 Å². The van der Waals surface area contributed by atoms with Gasteiger partial charge >= 0.3 is 6.09 Å². The van der Waals surface area contributed by atoms with Gasteiger partial charge in [0.05, 0.1) is 19.1 Å². The van der Waals surface area contributed by atoms with E-state index in [1.165, 1.54) is 56.9 Å². The lowest BCUT2D eigenvalue weighted by atomic mass is 10.0. The molecular formula is C24H36N4O5. The Morgan fingerprint density at radius 1 is 1.00 bits per heavy atom. The van der Waals surface area contributed by atoms with Gasteiger partial charge in [0.15, 0.2) is 0 Å². The van der Waals surface area contributed by atoms with E-state index < -0.39 is 18.1 Å². The lowest BCUT2D eigenvalue weighted by Crippen LogP contribution is -2.35. The zero-order valence-electron chi connectivity index (χ0n) is 19.4. The summed E-state index contributed by atoms with van der Waals surface area (Å²) in [6, 6.07) is 8.11. The van der Waals surface area contributed by atoms with Gasteiger partial charge in [-0.3, -0.25) is 4.79 Å². The van der Waals surface area contributed by atoms with Crippen molar-refractivity contribution in [2.24, 2.45) is 0 Å². The third-order valence-electron chi connectivity index (χ3n) is 5.35. The van der Waals surface area contributed by atoms with Crippen LogP contribution in [0.25, 0.3) is 11.4 Å². The van der Waals surface area contributed by atoms with Gasteiger partial charge in [0.25, 0.3) is 0 Å². The Bertz CT molecular complexity index is 838. The Balaban J connectivity index is 1.68. The summed E-state index contributed by atoms with van der Waals surface area (Å²) >= 11 is 0. The van der Waals surface area contributed by atoms with Crippen LogP contribution in [-0.4, -0.2) is 45.0 Å². The van der Waals surface area contributed by atoms with Crippen LogP contribution < -0.4 is 10.6 Å². The van der Waals surface area contributed by atoms with Gasteiger partial charge in [-0.2, -0.15) is 4.98 Å². The summed E-state index contributed by atoms with van der Waals surface area (Å²) in [4.78, 5) is 26.5. The third kappa shape index (κ3) is 11.0. The Kier molecular flexibility index (Phi) is 12.0. The van der Waals surface area contributed by atoms with E-state index >= 15 is 0 Å². The Labute approximate surface area is 195 Å². The molecule has 1 aromatic heterocycles. The van der Waals surface area contributed by atoms with Crippen molar-refractivity contribution in [1.82, 2.24) is 20.8 Å². The van der Waals surface area contributed by atoms with Crippen LogP contribution in [0.5, 0.6) is 0 Å². The van der Waals surface area contributed by atoms with Crippen LogP contribution in [0.4, 0.5) is 4.79 Å². The van der Waals surface area contributed by atoms with Crippen molar-refractivity contribution in [2.45, 2.75) is 83.8 Å². The largest absolute Gasteiger partial charge is 0.465 e. The number of hydrogen-bond acceptors (Lipinski definition) is 6. The van der Waals surface area contributed by atoms with Crippen molar-refractivity contribution in [2.75, 3.05) is 6.54 Å². The fourth-order valence-corrected chi connectivity index (χ4v) is 3.47. The minimum atomic E-state index is -1.26. The maximum atomic E-state index is 11.8.